The van der Waals surface area contributed by atoms with Crippen LogP contribution in [0.2, 0.25) is 0 Å². The second-order valence-electron chi connectivity index (χ2n) is 4.01. The number of amides is 2. The van der Waals surface area contributed by atoms with Crippen molar-refractivity contribution in [2.24, 2.45) is 0 Å². The van der Waals surface area contributed by atoms with E-state index in [1.54, 1.807) is 9.80 Å². The van der Waals surface area contributed by atoms with Gasteiger partial charge in [0.25, 0.3) is 0 Å². The molecule has 0 aromatic carbocycles. The van der Waals surface area contributed by atoms with Crippen molar-refractivity contribution in [1.82, 2.24) is 9.80 Å². The predicted octanol–water partition coefficient (Wildman–Crippen LogP) is -0.0680. The number of rotatable bonds is 4. The molecule has 6 nitrogen and oxygen atoms in total. The number of hydrogen-bond acceptors (Lipinski definition) is 3. The van der Waals surface area contributed by atoms with Gasteiger partial charge in [0.05, 0.1) is 6.42 Å². The number of carboxylic acid groups (broad SMARTS) is 1. The van der Waals surface area contributed by atoms with Crippen LogP contribution in [0.25, 0.3) is 0 Å². The molecule has 0 spiro atoms. The third kappa shape index (κ3) is 4.05. The summed E-state index contributed by atoms with van der Waals surface area (Å²) in [5.41, 5.74) is 0. The van der Waals surface area contributed by atoms with E-state index in [-0.39, 0.29) is 24.7 Å². The molecule has 0 unspecified atom stereocenters. The topological polar surface area (TPSA) is 77.9 Å². The van der Waals surface area contributed by atoms with Crippen molar-refractivity contribution in [3.05, 3.63) is 0 Å². The lowest BCUT2D eigenvalue weighted by Crippen LogP contribution is -2.50. The molecule has 0 aromatic heterocycles. The number of hydrogen-bond donors (Lipinski definition) is 1. The predicted molar refractivity (Wildman–Crippen MR) is 60.3 cm³/mol. The standard InChI is InChI=1S/C11H18N2O4/c1-2-9(14)12-5-7-13(8-6-12)10(15)3-4-11(16)17/h2-8H2,1H3,(H,16,17). The molecule has 2 amide bonds. The zero-order valence-electron chi connectivity index (χ0n) is 10.0. The summed E-state index contributed by atoms with van der Waals surface area (Å²) in [7, 11) is 0. The molecule has 17 heavy (non-hydrogen) atoms. The zero-order valence-corrected chi connectivity index (χ0v) is 10.0. The van der Waals surface area contributed by atoms with Crippen LogP contribution in [-0.4, -0.2) is 58.9 Å². The molecule has 96 valence electrons. The fraction of sp³-hybridized carbons (Fsp3) is 0.727. The minimum Gasteiger partial charge on any atom is -0.481 e. The third-order valence-electron chi connectivity index (χ3n) is 2.84. The second kappa shape index (κ2) is 6.22. The maximum atomic E-state index is 11.6. The molecule has 1 aliphatic rings. The van der Waals surface area contributed by atoms with Gasteiger partial charge in [0.2, 0.25) is 11.8 Å². The SMILES string of the molecule is CCC(=O)N1CCN(C(=O)CCC(=O)O)CC1. The van der Waals surface area contributed by atoms with Gasteiger partial charge in [0.1, 0.15) is 0 Å². The van der Waals surface area contributed by atoms with Gasteiger partial charge in [-0.2, -0.15) is 0 Å². The molecule has 0 aliphatic carbocycles. The number of piperazine rings is 1. The largest absolute Gasteiger partial charge is 0.481 e. The first kappa shape index (κ1) is 13.5. The first-order chi connectivity index (χ1) is 8.04. The Labute approximate surface area is 100 Å². The van der Waals surface area contributed by atoms with E-state index in [9.17, 15) is 14.4 Å². The Balaban J connectivity index is 2.33. The maximum Gasteiger partial charge on any atom is 0.303 e. The molecule has 1 fully saturated rings. The van der Waals surface area contributed by atoms with Crippen molar-refractivity contribution < 1.29 is 19.5 Å². The van der Waals surface area contributed by atoms with Crippen LogP contribution in [-0.2, 0) is 14.4 Å². The van der Waals surface area contributed by atoms with E-state index in [4.69, 9.17) is 5.11 Å². The number of aliphatic carboxylic acids is 1. The fourth-order valence-corrected chi connectivity index (χ4v) is 1.80. The van der Waals surface area contributed by atoms with Gasteiger partial charge >= 0.3 is 5.97 Å². The summed E-state index contributed by atoms with van der Waals surface area (Å²) in [5.74, 6) is -1.00. The van der Waals surface area contributed by atoms with Crippen molar-refractivity contribution in [2.75, 3.05) is 26.2 Å². The molecule has 1 N–H and O–H groups in total. The molecule has 1 aliphatic heterocycles. The summed E-state index contributed by atoms with van der Waals surface area (Å²) >= 11 is 0. The molecule has 0 saturated carbocycles. The van der Waals surface area contributed by atoms with Gasteiger partial charge in [-0.05, 0) is 0 Å². The van der Waals surface area contributed by atoms with Crippen LogP contribution in [0.15, 0.2) is 0 Å². The van der Waals surface area contributed by atoms with E-state index in [0.29, 0.717) is 32.6 Å². The van der Waals surface area contributed by atoms with E-state index >= 15 is 0 Å². The van der Waals surface area contributed by atoms with Crippen LogP contribution >= 0.6 is 0 Å². The quantitative estimate of drug-likeness (QED) is 0.748. The molecule has 1 heterocycles. The summed E-state index contributed by atoms with van der Waals surface area (Å²) in [4.78, 5) is 36.7. The number of carboxylic acids is 1. The summed E-state index contributed by atoms with van der Waals surface area (Å²) in [6, 6.07) is 0. The first-order valence-electron chi connectivity index (χ1n) is 5.82. The van der Waals surface area contributed by atoms with Crippen molar-refractivity contribution in [3.63, 3.8) is 0 Å². The fourth-order valence-electron chi connectivity index (χ4n) is 1.80. The van der Waals surface area contributed by atoms with Gasteiger partial charge in [-0.1, -0.05) is 6.92 Å². The number of nitrogens with zero attached hydrogens (tertiary/aromatic N) is 2. The highest BCUT2D eigenvalue weighted by Crippen LogP contribution is 2.06. The van der Waals surface area contributed by atoms with Gasteiger partial charge in [-0.3, -0.25) is 14.4 Å². The molecule has 0 aromatic rings. The van der Waals surface area contributed by atoms with Crippen LogP contribution in [0.4, 0.5) is 0 Å². The third-order valence-corrected chi connectivity index (χ3v) is 2.84. The normalized spacial score (nSPS) is 15.8. The van der Waals surface area contributed by atoms with Gasteiger partial charge in [0.15, 0.2) is 0 Å². The second-order valence-corrected chi connectivity index (χ2v) is 4.01. The zero-order chi connectivity index (χ0) is 12.8. The highest BCUT2D eigenvalue weighted by atomic mass is 16.4. The molecule has 1 saturated heterocycles. The first-order valence-corrected chi connectivity index (χ1v) is 5.82. The van der Waals surface area contributed by atoms with Crippen LogP contribution in [0, 0.1) is 0 Å². The molecule has 6 heteroatoms. The van der Waals surface area contributed by atoms with E-state index < -0.39 is 5.97 Å². The van der Waals surface area contributed by atoms with Crippen LogP contribution in [0.3, 0.4) is 0 Å². The van der Waals surface area contributed by atoms with E-state index in [1.165, 1.54) is 0 Å². The Hall–Kier alpha value is -1.59. The van der Waals surface area contributed by atoms with Crippen molar-refractivity contribution >= 4 is 17.8 Å². The summed E-state index contributed by atoms with van der Waals surface area (Å²) < 4.78 is 0. The molecular formula is C11H18N2O4. The molecule has 0 radical (unpaired) electrons. The highest BCUT2D eigenvalue weighted by molar-refractivity contribution is 5.81. The van der Waals surface area contributed by atoms with E-state index in [0.717, 1.165) is 0 Å². The molecule has 1 rings (SSSR count). The highest BCUT2D eigenvalue weighted by Gasteiger charge is 2.23. The van der Waals surface area contributed by atoms with Crippen LogP contribution < -0.4 is 0 Å². The number of carbonyl (C=O) groups is 3. The maximum absolute atomic E-state index is 11.6. The van der Waals surface area contributed by atoms with Crippen molar-refractivity contribution in [2.45, 2.75) is 26.2 Å². The Bertz CT molecular complexity index is 309. The summed E-state index contributed by atoms with van der Waals surface area (Å²) in [6.07, 6.45) is 0.386. The minimum atomic E-state index is -0.960. The van der Waals surface area contributed by atoms with E-state index in [1.807, 2.05) is 6.92 Å². The molecule has 0 atom stereocenters. The molecule has 0 bridgehead atoms. The van der Waals surface area contributed by atoms with Gasteiger partial charge in [0, 0.05) is 39.0 Å². The minimum absolute atomic E-state index is 0.0387. The van der Waals surface area contributed by atoms with Gasteiger partial charge in [-0.25, -0.2) is 0 Å². The van der Waals surface area contributed by atoms with Crippen molar-refractivity contribution in [1.29, 1.82) is 0 Å². The Morgan fingerprint density at radius 2 is 1.41 bits per heavy atom. The smallest absolute Gasteiger partial charge is 0.303 e. The average Bonchev–Trinajstić information content (AvgIpc) is 2.35. The summed E-state index contributed by atoms with van der Waals surface area (Å²) in [6.45, 7) is 3.91. The average molecular weight is 242 g/mol. The lowest BCUT2D eigenvalue weighted by atomic mass is 10.2. The van der Waals surface area contributed by atoms with Crippen molar-refractivity contribution in [3.8, 4) is 0 Å². The summed E-state index contributed by atoms with van der Waals surface area (Å²) in [5, 5.41) is 8.48. The lowest BCUT2D eigenvalue weighted by molar-refractivity contribution is -0.142. The Kier molecular flexibility index (Phi) is 4.93. The monoisotopic (exact) mass is 242 g/mol. The lowest BCUT2D eigenvalue weighted by Gasteiger charge is -2.34. The molecular weight excluding hydrogens is 224 g/mol. The van der Waals surface area contributed by atoms with Gasteiger partial charge in [-0.15, -0.1) is 0 Å². The van der Waals surface area contributed by atoms with E-state index in [2.05, 4.69) is 0 Å². The Morgan fingerprint density at radius 3 is 1.82 bits per heavy atom. The van der Waals surface area contributed by atoms with Crippen LogP contribution in [0.1, 0.15) is 26.2 Å². The Morgan fingerprint density at radius 1 is 0.941 bits per heavy atom. The van der Waals surface area contributed by atoms with Gasteiger partial charge < -0.3 is 14.9 Å². The number of carbonyl (C=O) groups excluding carboxylic acids is 2. The van der Waals surface area contributed by atoms with Crippen LogP contribution in [0.5, 0.6) is 0 Å².